The van der Waals surface area contributed by atoms with Gasteiger partial charge in [0, 0.05) is 17.3 Å². The number of aliphatic hydroxyl groups excluding tert-OH is 1. The van der Waals surface area contributed by atoms with E-state index in [2.05, 4.69) is 10.3 Å². The van der Waals surface area contributed by atoms with Crippen molar-refractivity contribution in [3.8, 4) is 0 Å². The molecule has 2 heterocycles. The minimum atomic E-state index is -0.570. The molecule has 3 aromatic rings. The number of hydrogen-bond donors (Lipinski definition) is 2. The van der Waals surface area contributed by atoms with E-state index in [9.17, 15) is 14.7 Å². The minimum absolute atomic E-state index is 0.0926. The molecular weight excluding hydrogens is 358 g/mol. The summed E-state index contributed by atoms with van der Waals surface area (Å²) in [5.41, 5.74) is 2.67. The van der Waals surface area contributed by atoms with Gasteiger partial charge in [0.2, 0.25) is 0 Å². The lowest BCUT2D eigenvalue weighted by atomic mass is 10.1. The number of aromatic nitrogens is 1. The molecule has 0 radical (unpaired) electrons. The minimum Gasteiger partial charge on any atom is -0.466 e. The molecule has 2 aromatic carbocycles. The van der Waals surface area contributed by atoms with Crippen LogP contribution in [0.5, 0.6) is 0 Å². The van der Waals surface area contributed by atoms with Crippen molar-refractivity contribution in [1.82, 2.24) is 9.88 Å². The fourth-order valence-electron chi connectivity index (χ4n) is 3.45. The summed E-state index contributed by atoms with van der Waals surface area (Å²) in [4.78, 5) is 31.2. The number of aliphatic hydroxyl groups is 1. The number of amides is 1. The third-order valence-electron chi connectivity index (χ3n) is 4.79. The third-order valence-corrected chi connectivity index (χ3v) is 4.79. The summed E-state index contributed by atoms with van der Waals surface area (Å²) < 4.78 is 4.86. The van der Waals surface area contributed by atoms with Crippen LogP contribution in [0.4, 0.5) is 5.69 Å². The molecule has 2 N–H and O–H groups in total. The van der Waals surface area contributed by atoms with Gasteiger partial charge in [0.1, 0.15) is 5.70 Å². The number of rotatable bonds is 5. The molecule has 1 aliphatic heterocycles. The number of pyridine rings is 1. The van der Waals surface area contributed by atoms with Crippen LogP contribution in [0, 0.1) is 0 Å². The first kappa shape index (κ1) is 17.9. The average Bonchev–Trinajstić information content (AvgIpc) is 3.03. The van der Waals surface area contributed by atoms with Crippen LogP contribution in [0.3, 0.4) is 0 Å². The largest absolute Gasteiger partial charge is 0.466 e. The molecule has 1 aromatic heterocycles. The number of para-hydroxylation sites is 2. The fourth-order valence-corrected chi connectivity index (χ4v) is 3.45. The van der Waals surface area contributed by atoms with Crippen LogP contribution < -0.4 is 5.32 Å². The number of ether oxygens (including phenoxy) is 1. The molecule has 7 heteroatoms. The highest BCUT2D eigenvalue weighted by molar-refractivity contribution is 6.13. The van der Waals surface area contributed by atoms with Crippen molar-refractivity contribution in [2.75, 3.05) is 32.1 Å². The Morgan fingerprint density at radius 2 is 1.75 bits per heavy atom. The molecule has 0 bridgehead atoms. The lowest BCUT2D eigenvalue weighted by Gasteiger charge is -2.16. The number of carbonyl (C=O) groups is 2. The number of anilines is 1. The average molecular weight is 377 g/mol. The first-order chi connectivity index (χ1) is 13.6. The highest BCUT2D eigenvalue weighted by atomic mass is 16.5. The molecule has 28 heavy (non-hydrogen) atoms. The number of methoxy groups -OCH3 is 1. The predicted octanol–water partition coefficient (Wildman–Crippen LogP) is 2.06. The summed E-state index contributed by atoms with van der Waals surface area (Å²) in [6, 6.07) is 15.2. The Morgan fingerprint density at radius 1 is 1.14 bits per heavy atom. The summed E-state index contributed by atoms with van der Waals surface area (Å²) in [5.74, 6) is -0.918. The van der Waals surface area contributed by atoms with Gasteiger partial charge in [-0.2, -0.15) is 0 Å². The van der Waals surface area contributed by atoms with Crippen molar-refractivity contribution in [3.05, 3.63) is 59.8 Å². The van der Waals surface area contributed by atoms with Crippen LogP contribution in [-0.4, -0.2) is 53.7 Å². The summed E-state index contributed by atoms with van der Waals surface area (Å²) in [7, 11) is 1.28. The maximum atomic E-state index is 12.9. The molecule has 0 unspecified atom stereocenters. The van der Waals surface area contributed by atoms with Gasteiger partial charge >= 0.3 is 5.97 Å². The van der Waals surface area contributed by atoms with E-state index in [0.717, 1.165) is 21.8 Å². The highest BCUT2D eigenvalue weighted by Crippen LogP contribution is 2.33. The van der Waals surface area contributed by atoms with Crippen molar-refractivity contribution in [2.45, 2.75) is 0 Å². The quantitative estimate of drug-likeness (QED) is 0.522. The number of nitrogens with zero attached hydrogens (tertiary/aromatic N) is 2. The molecular formula is C21H19N3O4. The van der Waals surface area contributed by atoms with Crippen LogP contribution >= 0.6 is 0 Å². The van der Waals surface area contributed by atoms with Crippen molar-refractivity contribution >= 4 is 39.4 Å². The first-order valence-corrected chi connectivity index (χ1v) is 8.90. The van der Waals surface area contributed by atoms with Crippen LogP contribution in [0.15, 0.2) is 59.8 Å². The Hall–Kier alpha value is -3.45. The van der Waals surface area contributed by atoms with Gasteiger partial charge in [-0.25, -0.2) is 9.78 Å². The monoisotopic (exact) mass is 377 g/mol. The van der Waals surface area contributed by atoms with Gasteiger partial charge in [0.15, 0.2) is 0 Å². The Labute approximate surface area is 161 Å². The van der Waals surface area contributed by atoms with E-state index in [1.807, 2.05) is 48.5 Å². The maximum absolute atomic E-state index is 12.9. The Bertz CT molecular complexity index is 1070. The van der Waals surface area contributed by atoms with Crippen molar-refractivity contribution in [1.29, 1.82) is 0 Å². The predicted molar refractivity (Wildman–Crippen MR) is 106 cm³/mol. The maximum Gasteiger partial charge on any atom is 0.337 e. The molecule has 0 saturated carbocycles. The van der Waals surface area contributed by atoms with E-state index in [-0.39, 0.29) is 36.9 Å². The van der Waals surface area contributed by atoms with Gasteiger partial charge in [-0.3, -0.25) is 4.79 Å². The second-order valence-corrected chi connectivity index (χ2v) is 6.44. The SMILES string of the molecule is COC(=O)C1=C(Nc2c3ccccc3nc3ccccc23)C(=O)N(CCO)C1. The molecule has 1 amide bonds. The fraction of sp³-hybridized carbons (Fsp3) is 0.190. The second-order valence-electron chi connectivity index (χ2n) is 6.44. The Balaban J connectivity index is 1.89. The number of benzene rings is 2. The highest BCUT2D eigenvalue weighted by Gasteiger charge is 2.34. The Kier molecular flexibility index (Phi) is 4.67. The van der Waals surface area contributed by atoms with Crippen molar-refractivity contribution in [3.63, 3.8) is 0 Å². The number of esters is 1. The second kappa shape index (κ2) is 7.28. The van der Waals surface area contributed by atoms with Gasteiger partial charge in [-0.1, -0.05) is 36.4 Å². The molecule has 0 atom stereocenters. The first-order valence-electron chi connectivity index (χ1n) is 8.90. The molecule has 7 nitrogen and oxygen atoms in total. The molecule has 0 fully saturated rings. The van der Waals surface area contributed by atoms with E-state index < -0.39 is 5.97 Å². The molecule has 0 saturated heterocycles. The number of hydrogen-bond acceptors (Lipinski definition) is 6. The number of β-amino-alcohol motifs (C(OH)–C–C–N with tert-alkyl or cyclic N) is 1. The summed E-state index contributed by atoms with van der Waals surface area (Å²) in [6.07, 6.45) is 0. The van der Waals surface area contributed by atoms with E-state index in [1.54, 1.807) is 0 Å². The van der Waals surface area contributed by atoms with Gasteiger partial charge < -0.3 is 20.1 Å². The Morgan fingerprint density at radius 3 is 2.32 bits per heavy atom. The van der Waals surface area contributed by atoms with Crippen LogP contribution in [0.1, 0.15) is 0 Å². The number of fused-ring (bicyclic) bond motifs is 2. The topological polar surface area (TPSA) is 91.8 Å². The smallest absolute Gasteiger partial charge is 0.337 e. The lowest BCUT2D eigenvalue weighted by Crippen LogP contribution is -2.31. The summed E-state index contributed by atoms with van der Waals surface area (Å²) >= 11 is 0. The zero-order valence-electron chi connectivity index (χ0n) is 15.3. The third kappa shape index (κ3) is 2.95. The number of nitrogens with one attached hydrogen (secondary N) is 1. The van der Waals surface area contributed by atoms with Crippen LogP contribution in [-0.2, 0) is 14.3 Å². The van der Waals surface area contributed by atoms with E-state index >= 15 is 0 Å². The summed E-state index contributed by atoms with van der Waals surface area (Å²) in [5, 5.41) is 14.1. The zero-order valence-corrected chi connectivity index (χ0v) is 15.3. The van der Waals surface area contributed by atoms with E-state index in [1.165, 1.54) is 12.0 Å². The van der Waals surface area contributed by atoms with E-state index in [4.69, 9.17) is 4.74 Å². The van der Waals surface area contributed by atoms with Crippen LogP contribution in [0.25, 0.3) is 21.8 Å². The number of carbonyl (C=O) groups excluding carboxylic acids is 2. The van der Waals surface area contributed by atoms with Gasteiger partial charge in [-0.05, 0) is 12.1 Å². The molecule has 0 aliphatic carbocycles. The van der Waals surface area contributed by atoms with Crippen molar-refractivity contribution in [2.24, 2.45) is 0 Å². The molecule has 142 valence electrons. The van der Waals surface area contributed by atoms with Crippen LogP contribution in [0.2, 0.25) is 0 Å². The van der Waals surface area contributed by atoms with Gasteiger partial charge in [0.25, 0.3) is 5.91 Å². The standard InChI is InChI=1S/C21H19N3O4/c1-28-21(27)15-12-24(10-11-25)20(26)19(15)23-18-13-6-2-4-8-16(13)22-17-9-5-3-7-14(17)18/h2-9,25H,10-12H2,1H3,(H,22,23). The van der Waals surface area contributed by atoms with E-state index in [0.29, 0.717) is 5.69 Å². The normalized spacial score (nSPS) is 14.2. The summed E-state index contributed by atoms with van der Waals surface area (Å²) in [6.45, 7) is 0.0479. The van der Waals surface area contributed by atoms with Gasteiger partial charge in [-0.15, -0.1) is 0 Å². The zero-order chi connectivity index (χ0) is 19.7. The lowest BCUT2D eigenvalue weighted by molar-refractivity contribution is -0.136. The molecule has 1 aliphatic rings. The van der Waals surface area contributed by atoms with Gasteiger partial charge in [0.05, 0.1) is 42.6 Å². The molecule has 0 spiro atoms. The van der Waals surface area contributed by atoms with Crippen molar-refractivity contribution < 1.29 is 19.4 Å². The molecule has 4 rings (SSSR count).